The van der Waals surface area contributed by atoms with E-state index in [0.29, 0.717) is 42.8 Å². The van der Waals surface area contributed by atoms with Gasteiger partial charge in [-0.15, -0.1) is 0 Å². The highest BCUT2D eigenvalue weighted by atomic mass is 35.5. The first-order valence-corrected chi connectivity index (χ1v) is 8.91. The first kappa shape index (κ1) is 20.1. The molecule has 0 N–H and O–H groups in total. The number of amides is 1. The number of benzene rings is 1. The highest BCUT2D eigenvalue weighted by Crippen LogP contribution is 2.38. The van der Waals surface area contributed by atoms with E-state index in [0.717, 1.165) is 5.56 Å². The Morgan fingerprint density at radius 1 is 1.31 bits per heavy atom. The molecule has 6 nitrogen and oxygen atoms in total. The molecule has 0 spiro atoms. The second kappa shape index (κ2) is 9.48. The molecule has 1 aliphatic rings. The van der Waals surface area contributed by atoms with E-state index in [-0.39, 0.29) is 24.2 Å². The second-order valence-electron chi connectivity index (χ2n) is 6.36. The van der Waals surface area contributed by atoms with E-state index in [1.165, 1.54) is 13.2 Å². The number of carbonyl (C=O) groups excluding carboxylic acids is 2. The number of hydrogen-bond donors (Lipinski definition) is 0. The molecular weight excluding hydrogens is 358 g/mol. The smallest absolute Gasteiger partial charge is 0.307 e. The van der Waals surface area contributed by atoms with Gasteiger partial charge in [0.2, 0.25) is 5.91 Å². The molecule has 1 heterocycles. The number of nitrogens with zero attached hydrogens (tertiary/aromatic N) is 1. The number of esters is 1. The summed E-state index contributed by atoms with van der Waals surface area (Å²) in [7, 11) is 1.34. The zero-order valence-electron chi connectivity index (χ0n) is 15.3. The largest absolute Gasteiger partial charge is 0.486 e. The molecule has 0 aromatic heterocycles. The summed E-state index contributed by atoms with van der Waals surface area (Å²) < 4.78 is 15.7. The van der Waals surface area contributed by atoms with Crippen molar-refractivity contribution >= 4 is 29.6 Å². The Labute approximate surface area is 158 Å². The summed E-state index contributed by atoms with van der Waals surface area (Å²) in [6.45, 7) is 5.83. The van der Waals surface area contributed by atoms with Crippen molar-refractivity contribution < 1.29 is 23.8 Å². The van der Waals surface area contributed by atoms with Crippen molar-refractivity contribution in [2.45, 2.75) is 20.3 Å². The fourth-order valence-corrected chi connectivity index (χ4v) is 2.83. The minimum atomic E-state index is -0.339. The lowest BCUT2D eigenvalue weighted by molar-refractivity contribution is -0.141. The molecule has 0 fully saturated rings. The molecule has 1 amide bonds. The van der Waals surface area contributed by atoms with Crippen molar-refractivity contribution in [1.29, 1.82) is 0 Å². The van der Waals surface area contributed by atoms with Crippen LogP contribution in [0.4, 0.5) is 0 Å². The van der Waals surface area contributed by atoms with Crippen LogP contribution in [-0.2, 0) is 14.3 Å². The van der Waals surface area contributed by atoms with Gasteiger partial charge in [-0.2, -0.15) is 0 Å². The molecular formula is C19H24ClNO5. The topological polar surface area (TPSA) is 65.1 Å². The molecule has 0 saturated carbocycles. The normalized spacial score (nSPS) is 13.1. The number of halogens is 1. The number of carbonyl (C=O) groups is 2. The monoisotopic (exact) mass is 381 g/mol. The fraction of sp³-hybridized carbons (Fsp3) is 0.474. The van der Waals surface area contributed by atoms with Gasteiger partial charge in [0.15, 0.2) is 11.5 Å². The summed E-state index contributed by atoms with van der Waals surface area (Å²) in [4.78, 5) is 25.5. The Bertz CT molecular complexity index is 687. The molecule has 142 valence electrons. The maximum absolute atomic E-state index is 12.5. The molecule has 0 bridgehead atoms. The van der Waals surface area contributed by atoms with Crippen LogP contribution >= 0.6 is 11.6 Å². The van der Waals surface area contributed by atoms with Gasteiger partial charge >= 0.3 is 5.97 Å². The molecule has 0 radical (unpaired) electrons. The van der Waals surface area contributed by atoms with Crippen molar-refractivity contribution in [2.24, 2.45) is 5.92 Å². The van der Waals surface area contributed by atoms with Gasteiger partial charge in [-0.25, -0.2) is 0 Å². The molecule has 1 aromatic rings. The van der Waals surface area contributed by atoms with Crippen molar-refractivity contribution in [3.63, 3.8) is 0 Å². The van der Waals surface area contributed by atoms with E-state index in [9.17, 15) is 9.59 Å². The van der Waals surface area contributed by atoms with Gasteiger partial charge in [-0.05, 0) is 29.7 Å². The highest BCUT2D eigenvalue weighted by molar-refractivity contribution is 6.32. The SMILES string of the molecule is COC(=O)CCN(CC(C)C)C(=O)/C=C/c1cc(Cl)c2c(c1)OCCO2. The molecule has 0 atom stereocenters. The van der Waals surface area contributed by atoms with Crippen LogP contribution in [0.15, 0.2) is 18.2 Å². The maximum Gasteiger partial charge on any atom is 0.307 e. The van der Waals surface area contributed by atoms with Crippen LogP contribution in [0.1, 0.15) is 25.8 Å². The number of rotatable bonds is 7. The Morgan fingerprint density at radius 3 is 2.73 bits per heavy atom. The van der Waals surface area contributed by atoms with Crippen LogP contribution in [0, 0.1) is 5.92 Å². The third kappa shape index (κ3) is 5.66. The Hall–Kier alpha value is -2.21. The fourth-order valence-electron chi connectivity index (χ4n) is 2.56. The third-order valence-electron chi connectivity index (χ3n) is 3.75. The summed E-state index contributed by atoms with van der Waals surface area (Å²) in [6, 6.07) is 3.51. The molecule has 0 unspecified atom stereocenters. The maximum atomic E-state index is 12.5. The van der Waals surface area contributed by atoms with Gasteiger partial charge in [0.25, 0.3) is 0 Å². The zero-order valence-corrected chi connectivity index (χ0v) is 16.0. The van der Waals surface area contributed by atoms with Crippen LogP contribution in [-0.4, -0.2) is 50.2 Å². The van der Waals surface area contributed by atoms with Crippen molar-refractivity contribution in [2.75, 3.05) is 33.4 Å². The van der Waals surface area contributed by atoms with Gasteiger partial charge in [-0.1, -0.05) is 25.4 Å². The average Bonchev–Trinajstić information content (AvgIpc) is 2.62. The first-order valence-electron chi connectivity index (χ1n) is 8.53. The number of hydrogen-bond acceptors (Lipinski definition) is 5. The van der Waals surface area contributed by atoms with E-state index in [2.05, 4.69) is 4.74 Å². The lowest BCUT2D eigenvalue weighted by Gasteiger charge is -2.23. The van der Waals surface area contributed by atoms with E-state index in [4.69, 9.17) is 21.1 Å². The van der Waals surface area contributed by atoms with Crippen LogP contribution in [0.3, 0.4) is 0 Å². The summed E-state index contributed by atoms with van der Waals surface area (Å²) in [5.41, 5.74) is 0.741. The third-order valence-corrected chi connectivity index (χ3v) is 4.03. The highest BCUT2D eigenvalue weighted by Gasteiger charge is 2.17. The summed E-state index contributed by atoms with van der Waals surface area (Å²) in [5, 5.41) is 0.444. The second-order valence-corrected chi connectivity index (χ2v) is 6.77. The molecule has 26 heavy (non-hydrogen) atoms. The van der Waals surface area contributed by atoms with Crippen LogP contribution in [0.2, 0.25) is 5.02 Å². The van der Waals surface area contributed by atoms with E-state index < -0.39 is 0 Å². The van der Waals surface area contributed by atoms with Crippen LogP contribution in [0.5, 0.6) is 11.5 Å². The number of fused-ring (bicyclic) bond motifs is 1. The summed E-state index contributed by atoms with van der Waals surface area (Å²) >= 11 is 6.21. The van der Waals surface area contributed by atoms with Crippen molar-refractivity contribution in [1.82, 2.24) is 4.90 Å². The lowest BCUT2D eigenvalue weighted by Crippen LogP contribution is -2.34. The minimum Gasteiger partial charge on any atom is -0.486 e. The molecule has 0 saturated heterocycles. The molecule has 2 rings (SSSR count). The summed E-state index contributed by atoms with van der Waals surface area (Å²) in [5.74, 6) is 0.873. The molecule has 1 aromatic carbocycles. The number of methoxy groups -OCH3 is 1. The van der Waals surface area contributed by atoms with E-state index in [1.54, 1.807) is 23.1 Å². The van der Waals surface area contributed by atoms with Gasteiger partial charge in [0.1, 0.15) is 13.2 Å². The quantitative estimate of drug-likeness (QED) is 0.536. The molecule has 7 heteroatoms. The average molecular weight is 382 g/mol. The zero-order chi connectivity index (χ0) is 19.1. The first-order chi connectivity index (χ1) is 12.4. The Morgan fingerprint density at radius 2 is 2.04 bits per heavy atom. The van der Waals surface area contributed by atoms with Gasteiger partial charge in [-0.3, -0.25) is 9.59 Å². The standard InChI is InChI=1S/C19H24ClNO5/c1-13(2)12-21(7-6-18(23)24-3)17(22)5-4-14-10-15(20)19-16(11-14)25-8-9-26-19/h4-5,10-11,13H,6-9,12H2,1-3H3/b5-4+. The molecule has 1 aliphatic heterocycles. The van der Waals surface area contributed by atoms with E-state index >= 15 is 0 Å². The van der Waals surface area contributed by atoms with E-state index in [1.807, 2.05) is 13.8 Å². The Kier molecular flexibility index (Phi) is 7.33. The van der Waals surface area contributed by atoms with Gasteiger partial charge < -0.3 is 19.1 Å². The van der Waals surface area contributed by atoms with Gasteiger partial charge in [0.05, 0.1) is 18.6 Å². The minimum absolute atomic E-state index is 0.165. The molecule has 0 aliphatic carbocycles. The Balaban J connectivity index is 2.09. The van der Waals surface area contributed by atoms with Crippen LogP contribution < -0.4 is 9.47 Å². The lowest BCUT2D eigenvalue weighted by atomic mass is 10.1. The van der Waals surface area contributed by atoms with Crippen molar-refractivity contribution in [3.05, 3.63) is 28.8 Å². The predicted molar refractivity (Wildman–Crippen MR) is 99.5 cm³/mol. The number of ether oxygens (including phenoxy) is 3. The summed E-state index contributed by atoms with van der Waals surface area (Å²) in [6.07, 6.45) is 3.32. The van der Waals surface area contributed by atoms with Crippen LogP contribution in [0.25, 0.3) is 6.08 Å². The van der Waals surface area contributed by atoms with Crippen molar-refractivity contribution in [3.8, 4) is 11.5 Å². The van der Waals surface area contributed by atoms with Gasteiger partial charge in [0, 0.05) is 19.2 Å². The predicted octanol–water partition coefficient (Wildman–Crippen LogP) is 3.17.